The average molecular weight is 296 g/mol. The number of carbonyl (C=O) groups is 2. The number of ether oxygens (including phenoxy) is 1. The van der Waals surface area contributed by atoms with Crippen LogP contribution in [0.5, 0.6) is 0 Å². The predicted molar refractivity (Wildman–Crippen MR) is 62.4 cm³/mol. The Labute approximate surface area is 110 Å². The van der Waals surface area contributed by atoms with Crippen molar-refractivity contribution >= 4 is 28.3 Å². The van der Waals surface area contributed by atoms with Gasteiger partial charge in [0.25, 0.3) is 5.78 Å². The van der Waals surface area contributed by atoms with Gasteiger partial charge in [-0.05, 0) is 20.8 Å². The molecule has 1 aromatic heterocycles. The predicted octanol–water partition coefficient (Wildman–Crippen LogP) is 3.24. The number of carbonyl (C=O) groups excluding carboxylic acids is 2. The van der Waals surface area contributed by atoms with Crippen LogP contribution < -0.4 is 5.32 Å². The van der Waals surface area contributed by atoms with E-state index in [0.717, 1.165) is 6.20 Å². The van der Waals surface area contributed by atoms with Crippen molar-refractivity contribution in [2.24, 2.45) is 0 Å². The Balaban J connectivity index is 2.71. The third-order valence-corrected chi connectivity index (χ3v) is 2.51. The zero-order valence-corrected chi connectivity index (χ0v) is 11.1. The number of thiazole rings is 1. The number of halogens is 3. The van der Waals surface area contributed by atoms with Gasteiger partial charge in [0.05, 0.1) is 6.20 Å². The van der Waals surface area contributed by atoms with Gasteiger partial charge in [0.1, 0.15) is 10.5 Å². The Morgan fingerprint density at radius 3 is 2.37 bits per heavy atom. The van der Waals surface area contributed by atoms with E-state index in [1.54, 1.807) is 20.8 Å². The van der Waals surface area contributed by atoms with E-state index in [2.05, 4.69) is 10.3 Å². The van der Waals surface area contributed by atoms with Crippen LogP contribution in [0.15, 0.2) is 6.20 Å². The summed E-state index contributed by atoms with van der Waals surface area (Å²) in [6, 6.07) is 0. The van der Waals surface area contributed by atoms with Crippen molar-refractivity contribution in [2.45, 2.75) is 32.5 Å². The summed E-state index contributed by atoms with van der Waals surface area (Å²) < 4.78 is 41.3. The van der Waals surface area contributed by atoms with Crippen LogP contribution >= 0.6 is 11.3 Å². The van der Waals surface area contributed by atoms with E-state index in [9.17, 15) is 22.8 Å². The van der Waals surface area contributed by atoms with E-state index >= 15 is 0 Å². The first-order valence-corrected chi connectivity index (χ1v) is 5.88. The van der Waals surface area contributed by atoms with Crippen molar-refractivity contribution in [2.75, 3.05) is 5.32 Å². The average Bonchev–Trinajstić information content (AvgIpc) is 2.60. The van der Waals surface area contributed by atoms with E-state index in [0.29, 0.717) is 11.3 Å². The van der Waals surface area contributed by atoms with Gasteiger partial charge < -0.3 is 4.74 Å². The van der Waals surface area contributed by atoms with Gasteiger partial charge in [-0.25, -0.2) is 9.78 Å². The number of nitrogens with zero attached hydrogens (tertiary/aromatic N) is 1. The number of nitrogens with one attached hydrogen (secondary N) is 1. The minimum Gasteiger partial charge on any atom is -0.444 e. The van der Waals surface area contributed by atoms with Crippen LogP contribution in [0, 0.1) is 0 Å². The Morgan fingerprint density at radius 1 is 1.32 bits per heavy atom. The molecule has 0 atom stereocenters. The first kappa shape index (κ1) is 15.4. The maximum atomic E-state index is 12.1. The maximum Gasteiger partial charge on any atom is 0.455 e. The van der Waals surface area contributed by atoms with Crippen LogP contribution in [0.2, 0.25) is 0 Å². The maximum absolute atomic E-state index is 12.1. The fourth-order valence-corrected chi connectivity index (χ4v) is 1.73. The van der Waals surface area contributed by atoms with Gasteiger partial charge in [-0.3, -0.25) is 10.1 Å². The van der Waals surface area contributed by atoms with Crippen LogP contribution in [0.4, 0.5) is 23.1 Å². The summed E-state index contributed by atoms with van der Waals surface area (Å²) >= 11 is 0.430. The smallest absolute Gasteiger partial charge is 0.444 e. The molecule has 1 aromatic rings. The van der Waals surface area contributed by atoms with Gasteiger partial charge in [0.15, 0.2) is 5.13 Å². The van der Waals surface area contributed by atoms with E-state index in [1.807, 2.05) is 0 Å². The highest BCUT2D eigenvalue weighted by Crippen LogP contribution is 2.27. The molecule has 0 aliphatic carbocycles. The van der Waals surface area contributed by atoms with Crippen molar-refractivity contribution in [1.82, 2.24) is 4.98 Å². The minimum atomic E-state index is -4.96. The molecule has 0 saturated heterocycles. The Hall–Kier alpha value is -1.64. The molecule has 0 saturated carbocycles. The number of anilines is 1. The highest BCUT2D eigenvalue weighted by molar-refractivity contribution is 7.17. The van der Waals surface area contributed by atoms with Crippen LogP contribution in [0.1, 0.15) is 30.4 Å². The summed E-state index contributed by atoms with van der Waals surface area (Å²) in [6.07, 6.45) is -5.06. The number of amides is 1. The lowest BCUT2D eigenvalue weighted by atomic mass is 10.2. The summed E-state index contributed by atoms with van der Waals surface area (Å²) in [5.74, 6) is -2.00. The summed E-state index contributed by atoms with van der Waals surface area (Å²) in [5.41, 5.74) is -0.744. The Morgan fingerprint density at radius 2 is 1.89 bits per heavy atom. The molecule has 0 unspecified atom stereocenters. The molecule has 19 heavy (non-hydrogen) atoms. The molecule has 0 aliphatic rings. The molecule has 1 rings (SSSR count). The van der Waals surface area contributed by atoms with E-state index in [1.165, 1.54) is 0 Å². The lowest BCUT2D eigenvalue weighted by molar-refractivity contribution is -0.0882. The SMILES string of the molecule is CC(C)(C)OC(=O)Nc1ncc(C(=O)C(F)(F)F)s1. The summed E-state index contributed by atoms with van der Waals surface area (Å²) in [7, 11) is 0. The van der Waals surface area contributed by atoms with Gasteiger partial charge in [0, 0.05) is 0 Å². The van der Waals surface area contributed by atoms with Crippen LogP contribution in [0.25, 0.3) is 0 Å². The third-order valence-electron chi connectivity index (χ3n) is 1.59. The Bertz CT molecular complexity index is 491. The number of aromatic nitrogens is 1. The van der Waals surface area contributed by atoms with Gasteiger partial charge in [-0.15, -0.1) is 0 Å². The molecule has 0 radical (unpaired) electrons. The lowest BCUT2D eigenvalue weighted by Crippen LogP contribution is -2.27. The number of hydrogen-bond donors (Lipinski definition) is 1. The summed E-state index contributed by atoms with van der Waals surface area (Å²) in [4.78, 5) is 25.1. The molecule has 0 aliphatic heterocycles. The van der Waals surface area contributed by atoms with Gasteiger partial charge in [-0.1, -0.05) is 11.3 Å². The largest absolute Gasteiger partial charge is 0.455 e. The van der Waals surface area contributed by atoms with E-state index < -0.39 is 28.5 Å². The molecular weight excluding hydrogens is 285 g/mol. The van der Waals surface area contributed by atoms with Crippen LogP contribution in [-0.2, 0) is 4.74 Å². The van der Waals surface area contributed by atoms with Gasteiger partial charge >= 0.3 is 12.3 Å². The van der Waals surface area contributed by atoms with Gasteiger partial charge in [-0.2, -0.15) is 13.2 Å². The minimum absolute atomic E-state index is 0.137. The Kier molecular flexibility index (Phi) is 4.18. The summed E-state index contributed by atoms with van der Waals surface area (Å²) in [6.45, 7) is 4.90. The molecule has 0 aromatic carbocycles. The zero-order valence-electron chi connectivity index (χ0n) is 10.3. The standard InChI is InChI=1S/C10H11F3N2O3S/c1-9(2,3)18-8(17)15-7-14-4-5(19-7)6(16)10(11,12)13/h4H,1-3H3,(H,14,15,17). The van der Waals surface area contributed by atoms with E-state index in [-0.39, 0.29) is 5.13 Å². The number of rotatable bonds is 2. The quantitative estimate of drug-likeness (QED) is 0.851. The third kappa shape index (κ3) is 4.86. The number of ketones is 1. The van der Waals surface area contributed by atoms with Gasteiger partial charge in [0.2, 0.25) is 0 Å². The summed E-state index contributed by atoms with van der Waals surface area (Å²) in [5, 5.41) is 2.01. The normalized spacial score (nSPS) is 12.1. The number of alkyl halides is 3. The van der Waals surface area contributed by atoms with Crippen LogP contribution in [0.3, 0.4) is 0 Å². The molecule has 9 heteroatoms. The lowest BCUT2D eigenvalue weighted by Gasteiger charge is -2.18. The van der Waals surface area contributed by atoms with E-state index in [4.69, 9.17) is 4.74 Å². The van der Waals surface area contributed by atoms with Crippen molar-refractivity contribution in [3.05, 3.63) is 11.1 Å². The molecule has 1 amide bonds. The second-order valence-electron chi connectivity index (χ2n) is 4.48. The molecule has 0 bridgehead atoms. The second-order valence-corrected chi connectivity index (χ2v) is 5.51. The second kappa shape index (κ2) is 5.16. The molecule has 1 N–H and O–H groups in total. The highest BCUT2D eigenvalue weighted by atomic mass is 32.1. The molecule has 0 fully saturated rings. The number of Topliss-reactive ketones (excluding diaryl/α,β-unsaturated/α-hetero) is 1. The van der Waals surface area contributed by atoms with Crippen molar-refractivity contribution < 1.29 is 27.5 Å². The fourth-order valence-electron chi connectivity index (χ4n) is 0.967. The molecule has 0 spiro atoms. The van der Waals surface area contributed by atoms with Crippen molar-refractivity contribution in [1.29, 1.82) is 0 Å². The number of hydrogen-bond acceptors (Lipinski definition) is 5. The molecule has 5 nitrogen and oxygen atoms in total. The molecular formula is C10H11F3N2O3S. The molecule has 1 heterocycles. The fraction of sp³-hybridized carbons (Fsp3) is 0.500. The van der Waals surface area contributed by atoms with Crippen molar-refractivity contribution in [3.63, 3.8) is 0 Å². The zero-order chi connectivity index (χ0) is 14.8. The topological polar surface area (TPSA) is 68.3 Å². The first-order chi connectivity index (χ1) is 8.49. The first-order valence-electron chi connectivity index (χ1n) is 5.06. The van der Waals surface area contributed by atoms with Crippen molar-refractivity contribution in [3.8, 4) is 0 Å². The molecule has 106 valence electrons. The monoisotopic (exact) mass is 296 g/mol. The highest BCUT2D eigenvalue weighted by Gasteiger charge is 2.40. The van der Waals surface area contributed by atoms with Crippen LogP contribution in [-0.4, -0.2) is 28.6 Å².